The Kier molecular flexibility index (Phi) is 3.74. The molecule has 19 heavy (non-hydrogen) atoms. The number of nitrogens with two attached hydrogens (primary N) is 1. The molecule has 0 saturated heterocycles. The first-order valence-corrected chi connectivity index (χ1v) is 6.90. The van der Waals surface area contributed by atoms with E-state index in [1.807, 2.05) is 0 Å². The zero-order chi connectivity index (χ0) is 14.0. The number of nitrogens with one attached hydrogen (secondary N) is 1. The Bertz CT molecular complexity index is 688. The van der Waals surface area contributed by atoms with E-state index in [0.717, 1.165) is 12.1 Å². The number of sulfonamides is 1. The van der Waals surface area contributed by atoms with E-state index in [2.05, 4.69) is 9.88 Å². The average molecular weight is 306 g/mol. The molecule has 0 bridgehead atoms. The van der Waals surface area contributed by atoms with E-state index in [9.17, 15) is 12.8 Å². The average Bonchev–Trinajstić information content (AvgIpc) is 2.84. The van der Waals surface area contributed by atoms with Crippen molar-refractivity contribution in [1.29, 1.82) is 0 Å². The van der Waals surface area contributed by atoms with Gasteiger partial charge in [0.15, 0.2) is 5.76 Å². The molecule has 1 aromatic carbocycles. The summed E-state index contributed by atoms with van der Waals surface area (Å²) in [7, 11) is -3.92. The largest absolute Gasteiger partial charge is 0.396 e. The Hall–Kier alpha value is -1.64. The molecular weight excluding hydrogens is 297 g/mol. The number of benzene rings is 1. The second-order valence-corrected chi connectivity index (χ2v) is 5.75. The van der Waals surface area contributed by atoms with Crippen LogP contribution in [0.5, 0.6) is 0 Å². The predicted octanol–water partition coefficient (Wildman–Crippen LogP) is 1.53. The quantitative estimate of drug-likeness (QED) is 0.835. The SMILES string of the molecule is Nc1cc(S(=O)(=O)NCc2ccno2)c(Cl)cc1F. The molecule has 0 atom stereocenters. The minimum atomic E-state index is -3.92. The fourth-order valence-corrected chi connectivity index (χ4v) is 2.87. The highest BCUT2D eigenvalue weighted by Gasteiger charge is 2.20. The molecule has 0 spiro atoms. The van der Waals surface area contributed by atoms with Gasteiger partial charge in [-0.1, -0.05) is 16.8 Å². The molecule has 0 amide bonds. The third-order valence-electron chi connectivity index (χ3n) is 2.27. The molecule has 0 aliphatic heterocycles. The van der Waals surface area contributed by atoms with Gasteiger partial charge in [0.05, 0.1) is 23.5 Å². The third kappa shape index (κ3) is 3.03. The van der Waals surface area contributed by atoms with Gasteiger partial charge < -0.3 is 10.3 Å². The van der Waals surface area contributed by atoms with Crippen LogP contribution in [0.4, 0.5) is 10.1 Å². The summed E-state index contributed by atoms with van der Waals surface area (Å²) in [6.45, 7) is -0.101. The van der Waals surface area contributed by atoms with E-state index >= 15 is 0 Å². The van der Waals surface area contributed by atoms with Crippen LogP contribution in [0.1, 0.15) is 5.76 Å². The van der Waals surface area contributed by atoms with Gasteiger partial charge >= 0.3 is 0 Å². The van der Waals surface area contributed by atoms with Crippen molar-refractivity contribution in [2.24, 2.45) is 0 Å². The Morgan fingerprint density at radius 2 is 2.21 bits per heavy atom. The van der Waals surface area contributed by atoms with Crippen LogP contribution in [0.3, 0.4) is 0 Å². The van der Waals surface area contributed by atoms with Crippen molar-refractivity contribution >= 4 is 27.3 Å². The summed E-state index contributed by atoms with van der Waals surface area (Å²) in [4.78, 5) is -0.299. The number of hydrogen-bond donors (Lipinski definition) is 2. The maximum Gasteiger partial charge on any atom is 0.242 e. The minimum absolute atomic E-state index is 0.101. The van der Waals surface area contributed by atoms with Gasteiger partial charge in [-0.05, 0) is 12.1 Å². The monoisotopic (exact) mass is 305 g/mol. The highest BCUT2D eigenvalue weighted by Crippen LogP contribution is 2.26. The molecule has 2 aromatic rings. The number of halogens is 2. The van der Waals surface area contributed by atoms with Crippen LogP contribution >= 0.6 is 11.6 Å². The molecule has 6 nitrogen and oxygen atoms in total. The van der Waals surface area contributed by atoms with Crippen LogP contribution in [0, 0.1) is 5.82 Å². The number of rotatable bonds is 4. The van der Waals surface area contributed by atoms with Gasteiger partial charge in [-0.2, -0.15) is 0 Å². The van der Waals surface area contributed by atoms with Gasteiger partial charge in [-0.15, -0.1) is 0 Å². The highest BCUT2D eigenvalue weighted by atomic mass is 35.5. The Morgan fingerprint density at radius 1 is 1.47 bits per heavy atom. The molecular formula is C10H9ClFN3O3S. The van der Waals surface area contributed by atoms with Crippen LogP contribution in [-0.4, -0.2) is 13.6 Å². The van der Waals surface area contributed by atoms with E-state index in [1.165, 1.54) is 12.3 Å². The first-order chi connectivity index (χ1) is 8.90. The fourth-order valence-electron chi connectivity index (χ4n) is 1.33. The van der Waals surface area contributed by atoms with Gasteiger partial charge in [0.1, 0.15) is 10.7 Å². The van der Waals surface area contributed by atoms with E-state index in [0.29, 0.717) is 5.76 Å². The van der Waals surface area contributed by atoms with Crippen LogP contribution < -0.4 is 10.5 Å². The maximum absolute atomic E-state index is 13.1. The standard InChI is InChI=1S/C10H9ClFN3O3S/c11-7-3-8(12)9(13)4-10(7)19(16,17)15-5-6-1-2-14-18-6/h1-4,15H,5,13H2. The first kappa shape index (κ1) is 13.8. The molecule has 0 aliphatic carbocycles. The van der Waals surface area contributed by atoms with Crippen molar-refractivity contribution in [3.63, 3.8) is 0 Å². The first-order valence-electron chi connectivity index (χ1n) is 5.04. The minimum Gasteiger partial charge on any atom is -0.396 e. The van der Waals surface area contributed by atoms with Gasteiger partial charge in [0.2, 0.25) is 10.0 Å². The molecule has 102 valence electrons. The van der Waals surface area contributed by atoms with Crippen molar-refractivity contribution in [3.8, 4) is 0 Å². The Morgan fingerprint density at radius 3 is 2.84 bits per heavy atom. The number of aromatic nitrogens is 1. The zero-order valence-electron chi connectivity index (χ0n) is 9.43. The topological polar surface area (TPSA) is 98.2 Å². The van der Waals surface area contributed by atoms with E-state index in [-0.39, 0.29) is 22.2 Å². The van der Waals surface area contributed by atoms with Crippen molar-refractivity contribution in [2.45, 2.75) is 11.4 Å². The van der Waals surface area contributed by atoms with E-state index in [1.54, 1.807) is 0 Å². The molecule has 0 unspecified atom stereocenters. The third-order valence-corrected chi connectivity index (χ3v) is 4.13. The smallest absolute Gasteiger partial charge is 0.242 e. The Balaban J connectivity index is 2.27. The normalized spacial score (nSPS) is 11.7. The summed E-state index contributed by atoms with van der Waals surface area (Å²) >= 11 is 5.70. The Labute approximate surface area is 113 Å². The number of anilines is 1. The van der Waals surface area contributed by atoms with Crippen LogP contribution in [0.25, 0.3) is 0 Å². The molecule has 9 heteroatoms. The zero-order valence-corrected chi connectivity index (χ0v) is 11.0. The fraction of sp³-hybridized carbons (Fsp3) is 0.100. The van der Waals surface area contributed by atoms with Crippen molar-refractivity contribution in [1.82, 2.24) is 9.88 Å². The number of nitrogens with zero attached hydrogens (tertiary/aromatic N) is 1. The molecule has 0 aliphatic rings. The summed E-state index contributed by atoms with van der Waals surface area (Å²) in [6, 6.07) is 3.31. The molecule has 1 aromatic heterocycles. The lowest BCUT2D eigenvalue weighted by atomic mass is 10.3. The van der Waals surface area contributed by atoms with Gasteiger partial charge in [-0.25, -0.2) is 17.5 Å². The highest BCUT2D eigenvalue weighted by molar-refractivity contribution is 7.89. The maximum atomic E-state index is 13.1. The van der Waals surface area contributed by atoms with Crippen molar-refractivity contribution in [2.75, 3.05) is 5.73 Å². The summed E-state index contributed by atoms with van der Waals surface area (Å²) in [5.74, 6) is -0.450. The van der Waals surface area contributed by atoms with Crippen molar-refractivity contribution in [3.05, 3.63) is 41.0 Å². The molecule has 3 N–H and O–H groups in total. The second-order valence-electron chi connectivity index (χ2n) is 3.61. The second kappa shape index (κ2) is 5.16. The number of nitrogen functional groups attached to an aromatic ring is 1. The summed E-state index contributed by atoms with van der Waals surface area (Å²) in [5.41, 5.74) is 5.02. The van der Waals surface area contributed by atoms with Crippen molar-refractivity contribution < 1.29 is 17.3 Å². The van der Waals surface area contributed by atoms with Gasteiger partial charge in [0, 0.05) is 6.07 Å². The predicted molar refractivity (Wildman–Crippen MR) is 66.4 cm³/mol. The molecule has 2 rings (SSSR count). The van der Waals surface area contributed by atoms with E-state index < -0.39 is 15.8 Å². The lowest BCUT2D eigenvalue weighted by Crippen LogP contribution is -2.23. The summed E-state index contributed by atoms with van der Waals surface area (Å²) in [5, 5.41) is 3.18. The molecule has 0 radical (unpaired) electrons. The van der Waals surface area contributed by atoms with Crippen LogP contribution in [0.15, 0.2) is 33.8 Å². The molecule has 0 saturated carbocycles. The van der Waals surface area contributed by atoms with Crippen LogP contribution in [-0.2, 0) is 16.6 Å². The summed E-state index contributed by atoms with van der Waals surface area (Å²) in [6.07, 6.45) is 1.38. The number of hydrogen-bond acceptors (Lipinski definition) is 5. The lowest BCUT2D eigenvalue weighted by Gasteiger charge is -2.08. The van der Waals surface area contributed by atoms with Crippen LogP contribution in [0.2, 0.25) is 5.02 Å². The molecule has 0 fully saturated rings. The molecule has 1 heterocycles. The van der Waals surface area contributed by atoms with Gasteiger partial charge in [-0.3, -0.25) is 0 Å². The lowest BCUT2D eigenvalue weighted by molar-refractivity contribution is 0.380. The van der Waals surface area contributed by atoms with E-state index in [4.69, 9.17) is 21.9 Å². The summed E-state index contributed by atoms with van der Waals surface area (Å²) < 4.78 is 44.0. The van der Waals surface area contributed by atoms with Gasteiger partial charge in [0.25, 0.3) is 0 Å².